The highest BCUT2D eigenvalue weighted by Crippen LogP contribution is 2.25. The first-order valence-corrected chi connectivity index (χ1v) is 13.2. The Hall–Kier alpha value is -2.73. The van der Waals surface area contributed by atoms with Gasteiger partial charge in [-0.3, -0.25) is 14.6 Å². The number of carbonyl (C=O) groups excluding carboxylic acids is 1. The minimum Gasteiger partial charge on any atom is -0.355 e. The second-order valence-electron chi connectivity index (χ2n) is 10.2. The van der Waals surface area contributed by atoms with Gasteiger partial charge in [0.15, 0.2) is 0 Å². The molecule has 0 unspecified atom stereocenters. The van der Waals surface area contributed by atoms with Crippen LogP contribution in [0.5, 0.6) is 0 Å². The number of fused-ring (bicyclic) bond motifs is 1. The first-order chi connectivity index (χ1) is 17.2. The number of likely N-dealkylation sites (tertiary alicyclic amines) is 2. The van der Waals surface area contributed by atoms with E-state index in [1.807, 2.05) is 6.92 Å². The summed E-state index contributed by atoms with van der Waals surface area (Å²) in [7, 11) is 0. The van der Waals surface area contributed by atoms with Crippen molar-refractivity contribution >= 4 is 16.7 Å². The van der Waals surface area contributed by atoms with E-state index in [4.69, 9.17) is 0 Å². The second kappa shape index (κ2) is 11.3. The number of likely N-dealkylation sites (N-methyl/N-ethyl adjacent to an activating group) is 1. The standard InChI is InChI=1S/C30H38N4O/c1-2-31-30(35)29-19-28(22-34(29)21-24-12-13-25-10-6-7-11-26(25)18-24)32-27-14-16-33(17-15-27)20-23-8-4-3-5-9-23/h3-13,18,27-29,32H,2,14-17,19-22H2,1H3,(H,31,35)/t28-,29+/m1/s1. The number of rotatable bonds is 8. The van der Waals surface area contributed by atoms with Gasteiger partial charge < -0.3 is 10.6 Å². The Bertz CT molecular complexity index is 1110. The van der Waals surface area contributed by atoms with Gasteiger partial charge in [0.25, 0.3) is 0 Å². The Kier molecular flexibility index (Phi) is 7.77. The van der Waals surface area contributed by atoms with E-state index >= 15 is 0 Å². The number of hydrogen-bond acceptors (Lipinski definition) is 4. The van der Waals surface area contributed by atoms with Gasteiger partial charge in [-0.2, -0.15) is 0 Å². The molecule has 5 rings (SSSR count). The van der Waals surface area contributed by atoms with Crippen LogP contribution in [0.4, 0.5) is 0 Å². The zero-order valence-corrected chi connectivity index (χ0v) is 20.8. The molecule has 0 bridgehead atoms. The molecular formula is C30H38N4O. The van der Waals surface area contributed by atoms with Crippen LogP contribution in [0.25, 0.3) is 10.8 Å². The SMILES string of the molecule is CCNC(=O)[C@@H]1C[C@@H](NC2CCN(Cc3ccccc3)CC2)CN1Cc1ccc2ccccc2c1. The normalized spacial score (nSPS) is 22.0. The van der Waals surface area contributed by atoms with Gasteiger partial charge >= 0.3 is 0 Å². The minimum atomic E-state index is -0.0721. The van der Waals surface area contributed by atoms with Crippen molar-refractivity contribution in [2.45, 2.75) is 57.4 Å². The van der Waals surface area contributed by atoms with E-state index in [1.165, 1.54) is 34.7 Å². The topological polar surface area (TPSA) is 47.6 Å². The highest BCUT2D eigenvalue weighted by atomic mass is 16.2. The molecule has 2 heterocycles. The Balaban J connectivity index is 1.19. The van der Waals surface area contributed by atoms with Crippen LogP contribution in [0.2, 0.25) is 0 Å². The molecule has 0 aromatic heterocycles. The zero-order chi connectivity index (χ0) is 24.0. The average Bonchev–Trinajstić information content (AvgIpc) is 3.28. The molecule has 0 saturated carbocycles. The predicted molar refractivity (Wildman–Crippen MR) is 143 cm³/mol. The molecule has 0 aliphatic carbocycles. The first-order valence-electron chi connectivity index (χ1n) is 13.2. The fourth-order valence-electron chi connectivity index (χ4n) is 5.77. The molecule has 0 spiro atoms. The zero-order valence-electron chi connectivity index (χ0n) is 20.8. The van der Waals surface area contributed by atoms with Crippen LogP contribution in [-0.4, -0.2) is 60.0 Å². The minimum absolute atomic E-state index is 0.0721. The summed E-state index contributed by atoms with van der Waals surface area (Å²) in [5.41, 5.74) is 2.66. The van der Waals surface area contributed by atoms with Gasteiger partial charge in [-0.25, -0.2) is 0 Å². The van der Waals surface area contributed by atoms with Crippen LogP contribution in [0.3, 0.4) is 0 Å². The number of carbonyl (C=O) groups is 1. The van der Waals surface area contributed by atoms with Gasteiger partial charge in [0.1, 0.15) is 0 Å². The van der Waals surface area contributed by atoms with E-state index in [-0.39, 0.29) is 11.9 Å². The van der Waals surface area contributed by atoms with Crippen molar-refractivity contribution in [1.82, 2.24) is 20.4 Å². The summed E-state index contributed by atoms with van der Waals surface area (Å²) < 4.78 is 0. The van der Waals surface area contributed by atoms with Gasteiger partial charge in [0.2, 0.25) is 5.91 Å². The maximum Gasteiger partial charge on any atom is 0.237 e. The highest BCUT2D eigenvalue weighted by molar-refractivity contribution is 5.83. The lowest BCUT2D eigenvalue weighted by atomic mass is 10.0. The monoisotopic (exact) mass is 470 g/mol. The van der Waals surface area contributed by atoms with E-state index < -0.39 is 0 Å². The van der Waals surface area contributed by atoms with Crippen LogP contribution < -0.4 is 10.6 Å². The lowest BCUT2D eigenvalue weighted by molar-refractivity contribution is -0.125. The van der Waals surface area contributed by atoms with Gasteiger partial charge in [0, 0.05) is 38.3 Å². The number of benzene rings is 3. The van der Waals surface area contributed by atoms with Gasteiger partial charge in [-0.05, 0) is 67.2 Å². The third-order valence-corrected chi connectivity index (χ3v) is 7.56. The van der Waals surface area contributed by atoms with E-state index in [0.717, 1.165) is 39.1 Å². The van der Waals surface area contributed by atoms with Gasteiger partial charge in [0.05, 0.1) is 6.04 Å². The van der Waals surface area contributed by atoms with Gasteiger partial charge in [-0.1, -0.05) is 66.7 Å². The summed E-state index contributed by atoms with van der Waals surface area (Å²) in [5, 5.41) is 9.52. The number of piperidine rings is 1. The molecule has 2 aliphatic heterocycles. The van der Waals surface area contributed by atoms with Gasteiger partial charge in [-0.15, -0.1) is 0 Å². The predicted octanol–water partition coefficient (Wildman–Crippen LogP) is 4.17. The van der Waals surface area contributed by atoms with E-state index in [9.17, 15) is 4.79 Å². The number of amides is 1. The molecular weight excluding hydrogens is 432 g/mol. The van der Waals surface area contributed by atoms with Crippen LogP contribution in [0.15, 0.2) is 72.8 Å². The van der Waals surface area contributed by atoms with Crippen molar-refractivity contribution in [3.05, 3.63) is 83.9 Å². The molecule has 5 heteroatoms. The molecule has 1 amide bonds. The van der Waals surface area contributed by atoms with Crippen LogP contribution in [0.1, 0.15) is 37.3 Å². The van der Waals surface area contributed by atoms with Crippen molar-refractivity contribution in [2.24, 2.45) is 0 Å². The van der Waals surface area contributed by atoms with Crippen LogP contribution >= 0.6 is 0 Å². The van der Waals surface area contributed by atoms with Crippen molar-refractivity contribution < 1.29 is 4.79 Å². The molecule has 2 aliphatic rings. The Labute approximate surface area is 209 Å². The lowest BCUT2D eigenvalue weighted by Crippen LogP contribution is -2.46. The Morgan fingerprint density at radius 2 is 1.60 bits per heavy atom. The van der Waals surface area contributed by atoms with E-state index in [0.29, 0.717) is 18.6 Å². The molecule has 2 atom stereocenters. The number of nitrogens with zero attached hydrogens (tertiary/aromatic N) is 2. The van der Waals surface area contributed by atoms with Crippen LogP contribution in [-0.2, 0) is 17.9 Å². The smallest absolute Gasteiger partial charge is 0.237 e. The van der Waals surface area contributed by atoms with E-state index in [2.05, 4.69) is 93.2 Å². The molecule has 2 saturated heterocycles. The maximum atomic E-state index is 12.9. The van der Waals surface area contributed by atoms with Crippen molar-refractivity contribution in [3.63, 3.8) is 0 Å². The van der Waals surface area contributed by atoms with Crippen molar-refractivity contribution in [1.29, 1.82) is 0 Å². The number of hydrogen-bond donors (Lipinski definition) is 2. The summed E-state index contributed by atoms with van der Waals surface area (Å²) in [6.07, 6.45) is 3.21. The fourth-order valence-corrected chi connectivity index (χ4v) is 5.77. The summed E-state index contributed by atoms with van der Waals surface area (Å²) >= 11 is 0. The summed E-state index contributed by atoms with van der Waals surface area (Å²) in [6.45, 7) is 7.69. The molecule has 0 radical (unpaired) electrons. The molecule has 35 heavy (non-hydrogen) atoms. The molecule has 2 N–H and O–H groups in total. The molecule has 2 fully saturated rings. The third kappa shape index (κ3) is 6.10. The quantitative estimate of drug-likeness (QED) is 0.519. The largest absolute Gasteiger partial charge is 0.355 e. The summed E-state index contributed by atoms with van der Waals surface area (Å²) in [4.78, 5) is 17.9. The fraction of sp³-hybridized carbons (Fsp3) is 0.433. The Morgan fingerprint density at radius 3 is 2.37 bits per heavy atom. The molecule has 184 valence electrons. The third-order valence-electron chi connectivity index (χ3n) is 7.56. The van der Waals surface area contributed by atoms with E-state index in [1.54, 1.807) is 0 Å². The summed E-state index contributed by atoms with van der Waals surface area (Å²) in [5.74, 6) is 0.162. The summed E-state index contributed by atoms with van der Waals surface area (Å²) in [6, 6.07) is 26.7. The maximum absolute atomic E-state index is 12.9. The highest BCUT2D eigenvalue weighted by Gasteiger charge is 2.37. The van der Waals surface area contributed by atoms with Crippen molar-refractivity contribution in [3.8, 4) is 0 Å². The Morgan fingerprint density at radius 1 is 0.857 bits per heavy atom. The molecule has 3 aromatic rings. The number of nitrogens with one attached hydrogen (secondary N) is 2. The lowest BCUT2D eigenvalue weighted by Gasteiger charge is -2.34. The first kappa shape index (κ1) is 24.0. The van der Waals surface area contributed by atoms with Crippen molar-refractivity contribution in [2.75, 3.05) is 26.2 Å². The average molecular weight is 471 g/mol. The second-order valence-corrected chi connectivity index (χ2v) is 10.2. The molecule has 3 aromatic carbocycles. The van der Waals surface area contributed by atoms with Crippen LogP contribution in [0, 0.1) is 0 Å². The molecule has 5 nitrogen and oxygen atoms in total.